The van der Waals surface area contributed by atoms with E-state index in [1.807, 2.05) is 0 Å². The number of methoxy groups -OCH3 is 1. The van der Waals surface area contributed by atoms with E-state index in [9.17, 15) is 19.2 Å². The van der Waals surface area contributed by atoms with E-state index in [0.717, 1.165) is 4.90 Å². The van der Waals surface area contributed by atoms with Crippen LogP contribution in [-0.4, -0.2) is 37.3 Å². The molecule has 0 spiro atoms. The number of Topliss-reactive ketones (excluding diaryl/α,β-unsaturated/α-hetero) is 1. The van der Waals surface area contributed by atoms with E-state index in [1.165, 1.54) is 31.4 Å². The molecule has 7 heteroatoms. The van der Waals surface area contributed by atoms with Gasteiger partial charge in [-0.05, 0) is 48.5 Å². The summed E-state index contributed by atoms with van der Waals surface area (Å²) in [5.41, 5.74) is 1.04. The molecule has 0 aromatic heterocycles. The molecule has 1 saturated heterocycles. The van der Waals surface area contributed by atoms with Gasteiger partial charge in [-0.2, -0.15) is 0 Å². The number of hydrogen-bond donors (Lipinski definition) is 0. The smallest absolute Gasteiger partial charge is 0.338 e. The molecule has 3 rings (SSSR count). The highest BCUT2D eigenvalue weighted by Gasteiger charge is 2.30. The van der Waals surface area contributed by atoms with Gasteiger partial charge in [-0.15, -0.1) is 0 Å². The van der Waals surface area contributed by atoms with Gasteiger partial charge in [0, 0.05) is 18.4 Å². The number of rotatable bonds is 6. The largest absolute Gasteiger partial charge is 0.497 e. The van der Waals surface area contributed by atoms with Crippen LogP contribution in [0.4, 0.5) is 5.69 Å². The van der Waals surface area contributed by atoms with Gasteiger partial charge >= 0.3 is 5.97 Å². The monoisotopic (exact) mass is 367 g/mol. The first kappa shape index (κ1) is 18.3. The fourth-order valence-electron chi connectivity index (χ4n) is 2.69. The van der Waals surface area contributed by atoms with E-state index < -0.39 is 12.6 Å². The Hall–Kier alpha value is -3.48. The van der Waals surface area contributed by atoms with Crippen LogP contribution in [0.3, 0.4) is 0 Å². The number of carbonyl (C=O) groups excluding carboxylic acids is 4. The first-order valence-electron chi connectivity index (χ1n) is 8.30. The molecular formula is C20H17NO6. The summed E-state index contributed by atoms with van der Waals surface area (Å²) < 4.78 is 10.1. The maximum absolute atomic E-state index is 12.1. The third kappa shape index (κ3) is 4.03. The van der Waals surface area contributed by atoms with E-state index in [1.54, 1.807) is 24.3 Å². The molecule has 0 atom stereocenters. The van der Waals surface area contributed by atoms with Crippen LogP contribution in [0.1, 0.15) is 33.6 Å². The summed E-state index contributed by atoms with van der Waals surface area (Å²) in [4.78, 5) is 48.7. The molecule has 2 aromatic carbocycles. The molecule has 2 aromatic rings. The van der Waals surface area contributed by atoms with Crippen molar-refractivity contribution in [2.75, 3.05) is 18.6 Å². The zero-order chi connectivity index (χ0) is 19.4. The molecule has 0 aliphatic carbocycles. The van der Waals surface area contributed by atoms with Crippen LogP contribution in [0.15, 0.2) is 48.5 Å². The number of carbonyl (C=O) groups is 4. The molecule has 0 radical (unpaired) electrons. The van der Waals surface area contributed by atoms with Crippen LogP contribution in [0.2, 0.25) is 0 Å². The number of imide groups is 1. The normalized spacial score (nSPS) is 13.6. The molecule has 1 heterocycles. The van der Waals surface area contributed by atoms with Crippen LogP contribution in [0, 0.1) is 0 Å². The highest BCUT2D eigenvalue weighted by molar-refractivity contribution is 6.19. The van der Waals surface area contributed by atoms with Gasteiger partial charge in [0.15, 0.2) is 12.4 Å². The Kier molecular flexibility index (Phi) is 5.30. The van der Waals surface area contributed by atoms with Gasteiger partial charge in [0.1, 0.15) is 5.75 Å². The minimum atomic E-state index is -0.664. The maximum Gasteiger partial charge on any atom is 0.338 e. The molecular weight excluding hydrogens is 350 g/mol. The van der Waals surface area contributed by atoms with Crippen molar-refractivity contribution < 1.29 is 28.7 Å². The molecule has 1 aliphatic rings. The number of hydrogen-bond acceptors (Lipinski definition) is 6. The first-order valence-corrected chi connectivity index (χ1v) is 8.30. The summed E-state index contributed by atoms with van der Waals surface area (Å²) in [7, 11) is 1.53. The fraction of sp³-hybridized carbons (Fsp3) is 0.200. The van der Waals surface area contributed by atoms with Gasteiger partial charge in [0.25, 0.3) is 0 Å². The zero-order valence-electron chi connectivity index (χ0n) is 14.6. The third-order valence-electron chi connectivity index (χ3n) is 4.16. The Bertz CT molecular complexity index is 870. The van der Waals surface area contributed by atoms with Crippen molar-refractivity contribution in [1.29, 1.82) is 0 Å². The number of nitrogens with zero attached hydrogens (tertiary/aromatic N) is 1. The molecule has 1 fully saturated rings. The summed E-state index contributed by atoms with van der Waals surface area (Å²) in [5.74, 6) is -0.905. The Balaban J connectivity index is 1.60. The van der Waals surface area contributed by atoms with Gasteiger partial charge in [0.2, 0.25) is 11.8 Å². The maximum atomic E-state index is 12.1. The summed E-state index contributed by atoms with van der Waals surface area (Å²) in [6.45, 7) is -0.393. The topological polar surface area (TPSA) is 90.0 Å². The summed E-state index contributed by atoms with van der Waals surface area (Å²) in [5, 5.41) is 0. The van der Waals surface area contributed by atoms with E-state index in [-0.39, 0.29) is 36.0 Å². The fourth-order valence-corrected chi connectivity index (χ4v) is 2.69. The molecule has 0 saturated carbocycles. The van der Waals surface area contributed by atoms with Crippen LogP contribution in [-0.2, 0) is 14.3 Å². The predicted octanol–water partition coefficient (Wildman–Crippen LogP) is 2.39. The van der Waals surface area contributed by atoms with Crippen molar-refractivity contribution in [2.45, 2.75) is 12.8 Å². The molecule has 0 N–H and O–H groups in total. The van der Waals surface area contributed by atoms with Gasteiger partial charge in [0.05, 0.1) is 18.4 Å². The lowest BCUT2D eigenvalue weighted by atomic mass is 10.1. The highest BCUT2D eigenvalue weighted by atomic mass is 16.5. The minimum absolute atomic E-state index is 0.191. The van der Waals surface area contributed by atoms with Crippen molar-refractivity contribution in [3.8, 4) is 5.75 Å². The second kappa shape index (κ2) is 7.82. The molecule has 0 unspecified atom stereocenters. The number of ether oxygens (including phenoxy) is 2. The van der Waals surface area contributed by atoms with Crippen LogP contribution < -0.4 is 9.64 Å². The Morgan fingerprint density at radius 3 is 2.00 bits per heavy atom. The van der Waals surface area contributed by atoms with E-state index in [4.69, 9.17) is 9.47 Å². The van der Waals surface area contributed by atoms with Gasteiger partial charge in [-0.25, -0.2) is 4.79 Å². The average Bonchev–Trinajstić information content (AvgIpc) is 3.04. The van der Waals surface area contributed by atoms with Crippen LogP contribution >= 0.6 is 0 Å². The molecule has 2 amide bonds. The lowest BCUT2D eigenvalue weighted by molar-refractivity contribution is -0.121. The Morgan fingerprint density at radius 2 is 1.44 bits per heavy atom. The van der Waals surface area contributed by atoms with Gasteiger partial charge in [-0.3, -0.25) is 19.3 Å². The van der Waals surface area contributed by atoms with Gasteiger partial charge < -0.3 is 9.47 Å². The minimum Gasteiger partial charge on any atom is -0.497 e. The van der Waals surface area contributed by atoms with Gasteiger partial charge in [-0.1, -0.05) is 0 Å². The number of ketones is 1. The Morgan fingerprint density at radius 1 is 0.889 bits per heavy atom. The highest BCUT2D eigenvalue weighted by Crippen LogP contribution is 2.23. The number of anilines is 1. The van der Waals surface area contributed by atoms with Crippen molar-refractivity contribution >= 4 is 29.3 Å². The molecule has 1 aliphatic heterocycles. The van der Waals surface area contributed by atoms with E-state index in [2.05, 4.69) is 0 Å². The van der Waals surface area contributed by atoms with Crippen LogP contribution in [0.5, 0.6) is 5.75 Å². The predicted molar refractivity (Wildman–Crippen MR) is 95.8 cm³/mol. The average molecular weight is 367 g/mol. The second-order valence-electron chi connectivity index (χ2n) is 5.90. The van der Waals surface area contributed by atoms with Crippen molar-refractivity contribution in [2.24, 2.45) is 0 Å². The van der Waals surface area contributed by atoms with Crippen molar-refractivity contribution in [3.05, 3.63) is 59.7 Å². The lowest BCUT2D eigenvalue weighted by Gasteiger charge is -2.14. The Labute approximate surface area is 155 Å². The van der Waals surface area contributed by atoms with E-state index in [0.29, 0.717) is 17.0 Å². The lowest BCUT2D eigenvalue weighted by Crippen LogP contribution is -2.28. The number of benzene rings is 2. The molecule has 138 valence electrons. The summed E-state index contributed by atoms with van der Waals surface area (Å²) >= 11 is 0. The number of amides is 2. The van der Waals surface area contributed by atoms with Crippen molar-refractivity contribution in [1.82, 2.24) is 0 Å². The molecule has 0 bridgehead atoms. The molecule has 27 heavy (non-hydrogen) atoms. The van der Waals surface area contributed by atoms with E-state index >= 15 is 0 Å². The standard InChI is InChI=1S/C20H17NO6/c1-26-16-8-4-13(5-9-16)17(22)12-27-20(25)14-2-6-15(7-3-14)21-18(23)10-11-19(21)24/h2-9H,10-12H2,1H3. The van der Waals surface area contributed by atoms with Crippen LogP contribution in [0.25, 0.3) is 0 Å². The van der Waals surface area contributed by atoms with Crippen molar-refractivity contribution in [3.63, 3.8) is 0 Å². The molecule has 7 nitrogen and oxygen atoms in total. The quantitative estimate of drug-likeness (QED) is 0.442. The number of esters is 1. The first-order chi connectivity index (χ1) is 13.0. The summed E-state index contributed by atoms with van der Waals surface area (Å²) in [6, 6.07) is 12.4. The third-order valence-corrected chi connectivity index (χ3v) is 4.16. The zero-order valence-corrected chi connectivity index (χ0v) is 14.6. The summed E-state index contributed by atoms with van der Waals surface area (Å²) in [6.07, 6.45) is 0.381. The SMILES string of the molecule is COc1ccc(C(=O)COC(=O)c2ccc(N3C(=O)CCC3=O)cc2)cc1. The second-order valence-corrected chi connectivity index (χ2v) is 5.90.